The SMILES string of the molecule is O/N=C(\C(=NCc1ccccc1)NO)c1ccccc1. The number of hydrogen-bond donors (Lipinski definition) is 3. The van der Waals surface area contributed by atoms with Crippen molar-refractivity contribution in [3.05, 3.63) is 71.8 Å². The van der Waals surface area contributed by atoms with Gasteiger partial charge in [0.25, 0.3) is 0 Å². The summed E-state index contributed by atoms with van der Waals surface area (Å²) in [6, 6.07) is 18.6. The highest BCUT2D eigenvalue weighted by atomic mass is 16.5. The van der Waals surface area contributed by atoms with Crippen molar-refractivity contribution in [1.82, 2.24) is 5.48 Å². The van der Waals surface area contributed by atoms with Crippen molar-refractivity contribution in [3.8, 4) is 0 Å². The van der Waals surface area contributed by atoms with E-state index in [0.717, 1.165) is 5.56 Å². The molecule has 0 saturated carbocycles. The minimum absolute atomic E-state index is 0.113. The monoisotopic (exact) mass is 269 g/mol. The number of nitrogens with one attached hydrogen (secondary N) is 1. The first-order valence-corrected chi connectivity index (χ1v) is 6.11. The summed E-state index contributed by atoms with van der Waals surface area (Å²) in [5.74, 6) is 0.113. The Labute approximate surface area is 116 Å². The third-order valence-electron chi connectivity index (χ3n) is 2.74. The van der Waals surface area contributed by atoms with Crippen molar-refractivity contribution in [1.29, 1.82) is 0 Å². The van der Waals surface area contributed by atoms with Gasteiger partial charge in [-0.2, -0.15) is 0 Å². The van der Waals surface area contributed by atoms with E-state index in [2.05, 4.69) is 10.1 Å². The average Bonchev–Trinajstić information content (AvgIpc) is 2.53. The van der Waals surface area contributed by atoms with E-state index in [-0.39, 0.29) is 11.5 Å². The number of aliphatic imine (C=N–C) groups is 1. The zero-order valence-corrected chi connectivity index (χ0v) is 10.8. The lowest BCUT2D eigenvalue weighted by Crippen LogP contribution is -2.29. The second-order valence-corrected chi connectivity index (χ2v) is 4.08. The van der Waals surface area contributed by atoms with Crippen molar-refractivity contribution in [2.24, 2.45) is 10.1 Å². The molecule has 5 heteroatoms. The molecule has 0 atom stereocenters. The molecule has 0 fully saturated rings. The van der Waals surface area contributed by atoms with E-state index in [1.807, 2.05) is 54.0 Å². The molecule has 102 valence electrons. The van der Waals surface area contributed by atoms with E-state index in [1.165, 1.54) is 0 Å². The largest absolute Gasteiger partial charge is 0.410 e. The van der Waals surface area contributed by atoms with Crippen molar-refractivity contribution < 1.29 is 10.4 Å². The van der Waals surface area contributed by atoms with Crippen molar-refractivity contribution in [2.75, 3.05) is 0 Å². The number of hydroxylamine groups is 1. The van der Waals surface area contributed by atoms with Crippen LogP contribution in [0.2, 0.25) is 0 Å². The molecule has 5 nitrogen and oxygen atoms in total. The predicted molar refractivity (Wildman–Crippen MR) is 77.3 cm³/mol. The Bertz CT molecular complexity index is 595. The normalized spacial score (nSPS) is 12.2. The van der Waals surface area contributed by atoms with Crippen LogP contribution >= 0.6 is 0 Å². The Morgan fingerprint density at radius 1 is 0.950 bits per heavy atom. The quantitative estimate of drug-likeness (QED) is 0.345. The van der Waals surface area contributed by atoms with Gasteiger partial charge >= 0.3 is 0 Å². The van der Waals surface area contributed by atoms with Gasteiger partial charge in [0.15, 0.2) is 11.5 Å². The molecule has 0 aliphatic rings. The number of benzene rings is 2. The van der Waals surface area contributed by atoms with E-state index in [9.17, 15) is 5.21 Å². The van der Waals surface area contributed by atoms with Crippen molar-refractivity contribution in [3.63, 3.8) is 0 Å². The van der Waals surface area contributed by atoms with E-state index < -0.39 is 0 Å². The first-order valence-electron chi connectivity index (χ1n) is 6.11. The van der Waals surface area contributed by atoms with Crippen LogP contribution in [-0.4, -0.2) is 22.0 Å². The Morgan fingerprint density at radius 3 is 2.10 bits per heavy atom. The second-order valence-electron chi connectivity index (χ2n) is 4.08. The third kappa shape index (κ3) is 3.43. The predicted octanol–water partition coefficient (Wildman–Crippen LogP) is 2.44. The molecule has 2 aromatic carbocycles. The lowest BCUT2D eigenvalue weighted by molar-refractivity contribution is 0.235. The van der Waals surface area contributed by atoms with Crippen LogP contribution in [0.25, 0.3) is 0 Å². The molecule has 2 aromatic rings. The molecule has 2 rings (SSSR count). The fraction of sp³-hybridized carbons (Fsp3) is 0.0667. The highest BCUT2D eigenvalue weighted by Crippen LogP contribution is 2.05. The Morgan fingerprint density at radius 2 is 1.55 bits per heavy atom. The zero-order chi connectivity index (χ0) is 14.2. The van der Waals surface area contributed by atoms with Crippen LogP contribution in [-0.2, 0) is 6.54 Å². The van der Waals surface area contributed by atoms with Crippen LogP contribution in [0.1, 0.15) is 11.1 Å². The number of oxime groups is 1. The molecule has 0 spiro atoms. The van der Waals surface area contributed by atoms with Crippen LogP contribution in [0, 0.1) is 0 Å². The lowest BCUT2D eigenvalue weighted by atomic mass is 10.1. The topological polar surface area (TPSA) is 77.2 Å². The summed E-state index contributed by atoms with van der Waals surface area (Å²) in [5, 5.41) is 21.5. The van der Waals surface area contributed by atoms with Gasteiger partial charge < -0.3 is 5.21 Å². The van der Waals surface area contributed by atoms with Crippen LogP contribution in [0.5, 0.6) is 0 Å². The summed E-state index contributed by atoms with van der Waals surface area (Å²) in [6.45, 7) is 0.371. The van der Waals surface area contributed by atoms with Gasteiger partial charge in [-0.3, -0.25) is 15.7 Å². The number of nitrogens with zero attached hydrogens (tertiary/aromatic N) is 2. The van der Waals surface area contributed by atoms with E-state index in [4.69, 9.17) is 5.21 Å². The minimum Gasteiger partial charge on any atom is -0.410 e. The fourth-order valence-corrected chi connectivity index (χ4v) is 1.75. The third-order valence-corrected chi connectivity index (χ3v) is 2.74. The molecule has 0 aromatic heterocycles. The summed E-state index contributed by atoms with van der Waals surface area (Å²) in [7, 11) is 0. The van der Waals surface area contributed by atoms with E-state index >= 15 is 0 Å². The zero-order valence-electron chi connectivity index (χ0n) is 10.8. The molecule has 0 bridgehead atoms. The Kier molecular flexibility index (Phi) is 4.86. The van der Waals surface area contributed by atoms with Crippen molar-refractivity contribution in [2.45, 2.75) is 6.54 Å². The molecular weight excluding hydrogens is 254 g/mol. The van der Waals surface area contributed by atoms with Gasteiger partial charge in [-0.1, -0.05) is 65.8 Å². The summed E-state index contributed by atoms with van der Waals surface area (Å²) in [4.78, 5) is 4.22. The maximum Gasteiger partial charge on any atom is 0.175 e. The Balaban J connectivity index is 2.22. The van der Waals surface area contributed by atoms with Gasteiger partial charge in [0.2, 0.25) is 0 Å². The molecule has 0 aliphatic heterocycles. The van der Waals surface area contributed by atoms with Crippen LogP contribution < -0.4 is 5.48 Å². The maximum absolute atomic E-state index is 9.19. The highest BCUT2D eigenvalue weighted by Gasteiger charge is 2.11. The first-order chi connectivity index (χ1) is 9.85. The number of rotatable bonds is 4. The highest BCUT2D eigenvalue weighted by molar-refractivity contribution is 6.47. The summed E-state index contributed by atoms with van der Waals surface area (Å²) >= 11 is 0. The molecule has 0 unspecified atom stereocenters. The maximum atomic E-state index is 9.19. The Hall–Kier alpha value is -2.66. The van der Waals surface area contributed by atoms with Gasteiger partial charge in [0.05, 0.1) is 6.54 Å². The molecule has 3 N–H and O–H groups in total. The molecule has 0 radical (unpaired) electrons. The minimum atomic E-state index is 0.113. The van der Waals surface area contributed by atoms with Crippen molar-refractivity contribution >= 4 is 11.5 Å². The number of amidine groups is 1. The van der Waals surface area contributed by atoms with E-state index in [1.54, 1.807) is 12.1 Å². The van der Waals surface area contributed by atoms with Crippen LogP contribution in [0.3, 0.4) is 0 Å². The van der Waals surface area contributed by atoms with Gasteiger partial charge in [-0.05, 0) is 5.56 Å². The van der Waals surface area contributed by atoms with E-state index in [0.29, 0.717) is 12.1 Å². The molecule has 0 heterocycles. The molecular formula is C15H15N3O2. The van der Waals surface area contributed by atoms with Gasteiger partial charge in [-0.25, -0.2) is 0 Å². The molecule has 0 amide bonds. The standard InChI is InChI=1S/C15H15N3O2/c19-17-14(13-9-5-2-6-10-13)15(18-20)16-11-12-7-3-1-4-8-12/h1-10,19-20H,11H2,(H,16,18)/b17-14-. The number of hydrogen-bond acceptors (Lipinski definition) is 4. The van der Waals surface area contributed by atoms with Gasteiger partial charge in [-0.15, -0.1) is 0 Å². The summed E-state index contributed by atoms with van der Waals surface area (Å²) < 4.78 is 0. The fourth-order valence-electron chi connectivity index (χ4n) is 1.75. The molecule has 20 heavy (non-hydrogen) atoms. The van der Waals surface area contributed by atoms with Gasteiger partial charge in [0.1, 0.15) is 0 Å². The molecule has 0 aliphatic carbocycles. The molecule has 0 saturated heterocycles. The smallest absolute Gasteiger partial charge is 0.175 e. The second kappa shape index (κ2) is 7.06. The van der Waals surface area contributed by atoms with Crippen LogP contribution in [0.15, 0.2) is 70.8 Å². The lowest BCUT2D eigenvalue weighted by Gasteiger charge is -2.07. The average molecular weight is 269 g/mol. The summed E-state index contributed by atoms with van der Waals surface area (Å²) in [5.41, 5.74) is 3.81. The van der Waals surface area contributed by atoms with Crippen LogP contribution in [0.4, 0.5) is 0 Å². The van der Waals surface area contributed by atoms with Gasteiger partial charge in [0, 0.05) is 5.56 Å². The summed E-state index contributed by atoms with van der Waals surface area (Å²) in [6.07, 6.45) is 0. The first kappa shape index (κ1) is 13.8.